The fourth-order valence-electron chi connectivity index (χ4n) is 4.53. The third-order valence-electron chi connectivity index (χ3n) is 6.78. The fourth-order valence-corrected chi connectivity index (χ4v) is 5.03. The van der Waals surface area contributed by atoms with Crippen molar-refractivity contribution in [1.29, 1.82) is 0 Å². The van der Waals surface area contributed by atoms with E-state index in [4.69, 9.17) is 14.2 Å². The van der Waals surface area contributed by atoms with Gasteiger partial charge in [0.15, 0.2) is 0 Å². The van der Waals surface area contributed by atoms with Crippen LogP contribution >= 0.6 is 0 Å². The molecule has 0 saturated heterocycles. The van der Waals surface area contributed by atoms with Crippen LogP contribution in [0.25, 0.3) is 0 Å². The number of nitrogens with one attached hydrogen (secondary N) is 2. The maximum Gasteiger partial charge on any atom is 0.308 e. The molecule has 1 unspecified atom stereocenters. The molecule has 0 aliphatic carbocycles. The zero-order valence-corrected chi connectivity index (χ0v) is 24.2. The Hall–Kier alpha value is -4.12. The van der Waals surface area contributed by atoms with Gasteiger partial charge in [0, 0.05) is 24.4 Å². The molecule has 10 nitrogen and oxygen atoms in total. The zero-order chi connectivity index (χ0) is 29.2. The Labute approximate surface area is 234 Å². The molecular weight excluding hydrogens is 534 g/mol. The van der Waals surface area contributed by atoms with Crippen LogP contribution in [0.15, 0.2) is 42.6 Å². The maximum absolute atomic E-state index is 12.6. The molecule has 4 rings (SSSR count). The van der Waals surface area contributed by atoms with Crippen LogP contribution in [0.5, 0.6) is 17.2 Å². The molecule has 1 amide bonds. The lowest BCUT2D eigenvalue weighted by Crippen LogP contribution is -2.42. The number of carbonyl (C=O) groups is 2. The quantitative estimate of drug-likeness (QED) is 0.295. The van der Waals surface area contributed by atoms with Gasteiger partial charge in [0.25, 0.3) is 5.91 Å². The van der Waals surface area contributed by atoms with Crippen LogP contribution in [0.2, 0.25) is 0 Å². The van der Waals surface area contributed by atoms with Crippen molar-refractivity contribution in [2.45, 2.75) is 53.1 Å². The molecule has 40 heavy (non-hydrogen) atoms. The standard InChI is InChI=1S/C29H33N3O7S/c1-17-18(2)27-24(19(3)26(17)38-20(4)33)13-14-29(5,39-27)16-37-23-10-8-22(9-11-23)31-28(34)21-7-12-25(30-15-21)32-40(6,35)36/h7-12,15H,13-14,16H2,1-6H3,(H,30,32)(H,31,34). The van der Waals surface area contributed by atoms with E-state index in [2.05, 4.69) is 15.0 Å². The molecule has 2 heterocycles. The van der Waals surface area contributed by atoms with E-state index >= 15 is 0 Å². The second-order valence-corrected chi connectivity index (χ2v) is 12.0. The Kier molecular flexibility index (Phi) is 8.06. The lowest BCUT2D eigenvalue weighted by Gasteiger charge is -2.37. The highest BCUT2D eigenvalue weighted by atomic mass is 32.2. The van der Waals surface area contributed by atoms with E-state index in [-0.39, 0.29) is 23.3 Å². The number of pyridine rings is 1. The number of aromatic nitrogens is 1. The number of esters is 1. The van der Waals surface area contributed by atoms with E-state index in [1.54, 1.807) is 24.3 Å². The van der Waals surface area contributed by atoms with Gasteiger partial charge in [-0.1, -0.05) is 0 Å². The number of ether oxygens (including phenoxy) is 3. The van der Waals surface area contributed by atoms with E-state index in [1.165, 1.54) is 25.3 Å². The summed E-state index contributed by atoms with van der Waals surface area (Å²) in [5, 5.41) is 2.78. The number of carbonyl (C=O) groups excluding carboxylic acids is 2. The second-order valence-electron chi connectivity index (χ2n) is 10.2. The van der Waals surface area contributed by atoms with Crippen LogP contribution in [0.3, 0.4) is 0 Å². The van der Waals surface area contributed by atoms with Crippen LogP contribution in [0.4, 0.5) is 11.5 Å². The lowest BCUT2D eigenvalue weighted by atomic mass is 9.87. The molecule has 3 aromatic rings. The molecule has 11 heteroatoms. The van der Waals surface area contributed by atoms with Gasteiger partial charge in [-0.05, 0) is 93.6 Å². The minimum Gasteiger partial charge on any atom is -0.489 e. The number of hydrogen-bond acceptors (Lipinski definition) is 8. The minimum absolute atomic E-state index is 0.131. The topological polar surface area (TPSA) is 133 Å². The van der Waals surface area contributed by atoms with Gasteiger partial charge in [0.2, 0.25) is 10.0 Å². The van der Waals surface area contributed by atoms with Gasteiger partial charge >= 0.3 is 5.97 Å². The Morgan fingerprint density at radius 3 is 2.35 bits per heavy atom. The number of amides is 1. The Bertz CT molecular complexity index is 1550. The van der Waals surface area contributed by atoms with Crippen molar-refractivity contribution in [3.8, 4) is 17.2 Å². The highest BCUT2D eigenvalue weighted by Crippen LogP contribution is 2.44. The number of fused-ring (bicyclic) bond motifs is 1. The Balaban J connectivity index is 1.37. The first kappa shape index (κ1) is 28.9. The van der Waals surface area contributed by atoms with Crippen LogP contribution in [0, 0.1) is 20.8 Å². The smallest absolute Gasteiger partial charge is 0.308 e. The van der Waals surface area contributed by atoms with Crippen LogP contribution < -0.4 is 24.2 Å². The summed E-state index contributed by atoms with van der Waals surface area (Å²) in [5.74, 6) is 1.45. The van der Waals surface area contributed by atoms with E-state index < -0.39 is 15.6 Å². The average molecular weight is 568 g/mol. The van der Waals surface area contributed by atoms with Crippen molar-refractivity contribution >= 4 is 33.4 Å². The van der Waals surface area contributed by atoms with E-state index in [0.717, 1.165) is 47.1 Å². The summed E-state index contributed by atoms with van der Waals surface area (Å²) in [6.45, 7) is 9.58. The first-order valence-electron chi connectivity index (χ1n) is 12.7. The summed E-state index contributed by atoms with van der Waals surface area (Å²) in [5.41, 5.74) is 4.08. The van der Waals surface area contributed by atoms with Gasteiger partial charge in [-0.15, -0.1) is 0 Å². The maximum atomic E-state index is 12.6. The van der Waals surface area contributed by atoms with Gasteiger partial charge in [-0.25, -0.2) is 13.4 Å². The van der Waals surface area contributed by atoms with Crippen LogP contribution in [0.1, 0.15) is 52.9 Å². The number of anilines is 2. The number of benzene rings is 2. The van der Waals surface area contributed by atoms with Crippen LogP contribution in [-0.4, -0.2) is 43.7 Å². The van der Waals surface area contributed by atoms with Gasteiger partial charge in [0.1, 0.15) is 35.3 Å². The summed E-state index contributed by atoms with van der Waals surface area (Å²) in [6, 6.07) is 9.89. The van der Waals surface area contributed by atoms with E-state index in [9.17, 15) is 18.0 Å². The summed E-state index contributed by atoms with van der Waals surface area (Å²) in [4.78, 5) is 28.1. The third-order valence-corrected chi connectivity index (χ3v) is 7.36. The predicted molar refractivity (Wildman–Crippen MR) is 152 cm³/mol. The Morgan fingerprint density at radius 2 is 1.75 bits per heavy atom. The molecule has 1 aliphatic rings. The van der Waals surface area contributed by atoms with Gasteiger partial charge < -0.3 is 19.5 Å². The largest absolute Gasteiger partial charge is 0.489 e. The predicted octanol–water partition coefficient (Wildman–Crippen LogP) is 4.72. The van der Waals surface area contributed by atoms with Crippen molar-refractivity contribution in [3.63, 3.8) is 0 Å². The molecule has 0 fully saturated rings. The van der Waals surface area contributed by atoms with Crippen molar-refractivity contribution < 1.29 is 32.2 Å². The minimum atomic E-state index is -3.45. The molecule has 0 bridgehead atoms. The normalized spacial score (nSPS) is 16.4. The Morgan fingerprint density at radius 1 is 1.05 bits per heavy atom. The summed E-state index contributed by atoms with van der Waals surface area (Å²) >= 11 is 0. The molecule has 2 N–H and O–H groups in total. The first-order valence-corrected chi connectivity index (χ1v) is 14.6. The highest BCUT2D eigenvalue weighted by molar-refractivity contribution is 7.92. The molecule has 1 aromatic heterocycles. The molecule has 1 atom stereocenters. The third kappa shape index (κ3) is 6.71. The number of nitrogens with zero attached hydrogens (tertiary/aromatic N) is 1. The zero-order valence-electron chi connectivity index (χ0n) is 23.4. The molecule has 0 radical (unpaired) electrons. The van der Waals surface area contributed by atoms with E-state index in [0.29, 0.717) is 23.8 Å². The summed E-state index contributed by atoms with van der Waals surface area (Å²) in [7, 11) is -3.45. The summed E-state index contributed by atoms with van der Waals surface area (Å²) < 4.78 is 42.9. The van der Waals surface area contributed by atoms with Crippen molar-refractivity contribution in [1.82, 2.24) is 4.98 Å². The molecule has 0 saturated carbocycles. The molecular formula is C29H33N3O7S. The first-order chi connectivity index (χ1) is 18.7. The SMILES string of the molecule is CC(=O)Oc1c(C)c(C)c2c(c1C)CCC(C)(COc1ccc(NC(=O)c3ccc(NS(C)(=O)=O)nc3)cc1)O2. The molecule has 212 valence electrons. The van der Waals surface area contributed by atoms with Crippen LogP contribution in [-0.2, 0) is 21.2 Å². The molecule has 2 aromatic carbocycles. The number of sulfonamides is 1. The summed E-state index contributed by atoms with van der Waals surface area (Å²) in [6.07, 6.45) is 3.81. The molecule has 0 spiro atoms. The van der Waals surface area contributed by atoms with Crippen molar-refractivity contribution in [3.05, 3.63) is 70.4 Å². The monoisotopic (exact) mass is 567 g/mol. The molecule has 1 aliphatic heterocycles. The lowest BCUT2D eigenvalue weighted by molar-refractivity contribution is -0.132. The van der Waals surface area contributed by atoms with Crippen molar-refractivity contribution in [2.75, 3.05) is 22.9 Å². The van der Waals surface area contributed by atoms with E-state index in [1.807, 2.05) is 27.7 Å². The average Bonchev–Trinajstić information content (AvgIpc) is 2.89. The number of hydrogen-bond donors (Lipinski definition) is 2. The van der Waals surface area contributed by atoms with Gasteiger partial charge in [0.05, 0.1) is 11.8 Å². The second kappa shape index (κ2) is 11.2. The fraction of sp³-hybridized carbons (Fsp3) is 0.345. The van der Waals surface area contributed by atoms with Gasteiger partial charge in [-0.3, -0.25) is 14.3 Å². The van der Waals surface area contributed by atoms with Gasteiger partial charge in [-0.2, -0.15) is 0 Å². The highest BCUT2D eigenvalue weighted by Gasteiger charge is 2.36. The van der Waals surface area contributed by atoms with Crippen molar-refractivity contribution in [2.24, 2.45) is 0 Å². The number of rotatable bonds is 8.